The van der Waals surface area contributed by atoms with Crippen LogP contribution in [0.5, 0.6) is 0 Å². The fourth-order valence-electron chi connectivity index (χ4n) is 2.13. The Morgan fingerprint density at radius 2 is 2.18 bits per heavy atom. The molecule has 2 rings (SSSR count). The van der Waals surface area contributed by atoms with Crippen molar-refractivity contribution in [2.24, 2.45) is 5.92 Å². The molecule has 17 heavy (non-hydrogen) atoms. The van der Waals surface area contributed by atoms with Crippen LogP contribution in [0.25, 0.3) is 0 Å². The van der Waals surface area contributed by atoms with Gasteiger partial charge in [-0.25, -0.2) is 4.39 Å². The second-order valence-corrected chi connectivity index (χ2v) is 5.68. The fourth-order valence-corrected chi connectivity index (χ4v) is 2.52. The van der Waals surface area contributed by atoms with E-state index in [1.165, 1.54) is 18.9 Å². The summed E-state index contributed by atoms with van der Waals surface area (Å²) in [5.41, 5.74) is 1.05. The molecule has 1 aromatic rings. The third-order valence-electron chi connectivity index (χ3n) is 3.18. The first-order valence-electron chi connectivity index (χ1n) is 6.36. The summed E-state index contributed by atoms with van der Waals surface area (Å²) in [5.74, 6) is 0.722. The largest absolute Gasteiger partial charge is 0.299 e. The summed E-state index contributed by atoms with van der Waals surface area (Å²) in [6.07, 6.45) is 3.88. The standard InChI is InChI=1S/C14H19BrFN/c1-2-8-17(9-11-6-7-11)10-12-4-3-5-13(16)14(12)15/h3-5,11H,2,6-10H2,1H3. The van der Waals surface area contributed by atoms with Crippen molar-refractivity contribution in [2.45, 2.75) is 32.7 Å². The highest BCUT2D eigenvalue weighted by Gasteiger charge is 2.24. The zero-order valence-corrected chi connectivity index (χ0v) is 11.8. The number of benzene rings is 1. The number of hydrogen-bond acceptors (Lipinski definition) is 1. The summed E-state index contributed by atoms with van der Waals surface area (Å²) in [5, 5.41) is 0. The Labute approximate surface area is 111 Å². The van der Waals surface area contributed by atoms with Crippen LogP contribution >= 0.6 is 15.9 Å². The minimum atomic E-state index is -0.162. The van der Waals surface area contributed by atoms with Gasteiger partial charge < -0.3 is 0 Å². The van der Waals surface area contributed by atoms with Crippen LogP contribution in [0.2, 0.25) is 0 Å². The molecule has 1 aromatic carbocycles. The Kier molecular flexibility index (Phi) is 4.57. The van der Waals surface area contributed by atoms with Crippen molar-refractivity contribution in [3.63, 3.8) is 0 Å². The van der Waals surface area contributed by atoms with E-state index in [1.807, 2.05) is 6.07 Å². The molecule has 0 aromatic heterocycles. The van der Waals surface area contributed by atoms with E-state index >= 15 is 0 Å². The van der Waals surface area contributed by atoms with E-state index in [0.717, 1.165) is 37.5 Å². The second-order valence-electron chi connectivity index (χ2n) is 4.89. The predicted octanol–water partition coefficient (Wildman–Crippen LogP) is 4.21. The summed E-state index contributed by atoms with van der Waals surface area (Å²) >= 11 is 3.34. The van der Waals surface area contributed by atoms with Gasteiger partial charge >= 0.3 is 0 Å². The van der Waals surface area contributed by atoms with Gasteiger partial charge in [0.25, 0.3) is 0 Å². The van der Waals surface area contributed by atoms with Crippen LogP contribution in [0, 0.1) is 11.7 Å². The third kappa shape index (κ3) is 3.78. The first-order chi connectivity index (χ1) is 8.20. The molecule has 1 aliphatic rings. The maximum absolute atomic E-state index is 13.4. The Morgan fingerprint density at radius 3 is 2.82 bits per heavy atom. The third-order valence-corrected chi connectivity index (χ3v) is 4.07. The SMILES string of the molecule is CCCN(Cc1cccc(F)c1Br)CC1CC1. The van der Waals surface area contributed by atoms with Gasteiger partial charge in [-0.3, -0.25) is 4.90 Å². The lowest BCUT2D eigenvalue weighted by Crippen LogP contribution is -2.26. The Balaban J connectivity index is 2.02. The Morgan fingerprint density at radius 1 is 1.41 bits per heavy atom. The van der Waals surface area contributed by atoms with E-state index in [-0.39, 0.29) is 5.82 Å². The van der Waals surface area contributed by atoms with Gasteiger partial charge in [-0.2, -0.15) is 0 Å². The van der Waals surface area contributed by atoms with E-state index in [1.54, 1.807) is 6.07 Å². The van der Waals surface area contributed by atoms with Crippen molar-refractivity contribution in [1.82, 2.24) is 4.90 Å². The monoisotopic (exact) mass is 299 g/mol. The molecule has 1 fully saturated rings. The molecule has 94 valence electrons. The van der Waals surface area contributed by atoms with Crippen LogP contribution < -0.4 is 0 Å². The predicted molar refractivity (Wildman–Crippen MR) is 72.4 cm³/mol. The van der Waals surface area contributed by atoms with Gasteiger partial charge in [0, 0.05) is 13.1 Å². The van der Waals surface area contributed by atoms with Crippen molar-refractivity contribution < 1.29 is 4.39 Å². The summed E-state index contributed by atoms with van der Waals surface area (Å²) in [7, 11) is 0. The maximum atomic E-state index is 13.4. The molecule has 1 nitrogen and oxygen atoms in total. The molecular formula is C14H19BrFN. The summed E-state index contributed by atoms with van der Waals surface area (Å²) in [6.45, 7) is 5.31. The zero-order valence-electron chi connectivity index (χ0n) is 10.3. The minimum Gasteiger partial charge on any atom is -0.299 e. The number of rotatable bonds is 6. The second kappa shape index (κ2) is 5.96. The molecule has 0 radical (unpaired) electrons. The fraction of sp³-hybridized carbons (Fsp3) is 0.571. The lowest BCUT2D eigenvalue weighted by Gasteiger charge is -2.22. The van der Waals surface area contributed by atoms with Crippen LogP contribution in [-0.4, -0.2) is 18.0 Å². The van der Waals surface area contributed by atoms with Crippen LogP contribution in [0.3, 0.4) is 0 Å². The molecule has 0 heterocycles. The molecule has 0 spiro atoms. The molecule has 3 heteroatoms. The highest BCUT2D eigenvalue weighted by molar-refractivity contribution is 9.10. The molecule has 0 bridgehead atoms. The maximum Gasteiger partial charge on any atom is 0.137 e. The van der Waals surface area contributed by atoms with Crippen LogP contribution in [0.1, 0.15) is 31.7 Å². The van der Waals surface area contributed by atoms with Crippen LogP contribution in [0.15, 0.2) is 22.7 Å². The molecule has 0 saturated heterocycles. The molecule has 0 atom stereocenters. The summed E-state index contributed by atoms with van der Waals surface area (Å²) < 4.78 is 14.0. The molecule has 0 unspecified atom stereocenters. The molecular weight excluding hydrogens is 281 g/mol. The molecule has 1 aliphatic carbocycles. The van der Waals surface area contributed by atoms with Gasteiger partial charge in [0.1, 0.15) is 5.82 Å². The average Bonchev–Trinajstić information content (AvgIpc) is 3.09. The van der Waals surface area contributed by atoms with Crippen LogP contribution in [0.4, 0.5) is 4.39 Å². The molecule has 1 saturated carbocycles. The van der Waals surface area contributed by atoms with E-state index in [2.05, 4.69) is 27.8 Å². The quantitative estimate of drug-likeness (QED) is 0.760. The van der Waals surface area contributed by atoms with E-state index in [0.29, 0.717) is 4.47 Å². The van der Waals surface area contributed by atoms with Gasteiger partial charge in [-0.05, 0) is 59.3 Å². The van der Waals surface area contributed by atoms with Crippen molar-refractivity contribution in [3.05, 3.63) is 34.1 Å². The van der Waals surface area contributed by atoms with Crippen molar-refractivity contribution in [1.29, 1.82) is 0 Å². The number of hydrogen-bond donors (Lipinski definition) is 0. The lowest BCUT2D eigenvalue weighted by molar-refractivity contribution is 0.254. The highest BCUT2D eigenvalue weighted by atomic mass is 79.9. The minimum absolute atomic E-state index is 0.162. The lowest BCUT2D eigenvalue weighted by atomic mass is 10.2. The smallest absolute Gasteiger partial charge is 0.137 e. The van der Waals surface area contributed by atoms with E-state index < -0.39 is 0 Å². The Hall–Kier alpha value is -0.410. The summed E-state index contributed by atoms with van der Waals surface area (Å²) in [6, 6.07) is 5.29. The zero-order chi connectivity index (χ0) is 12.3. The van der Waals surface area contributed by atoms with Gasteiger partial charge in [-0.1, -0.05) is 19.1 Å². The van der Waals surface area contributed by atoms with Crippen molar-refractivity contribution in [2.75, 3.05) is 13.1 Å². The molecule has 0 N–H and O–H groups in total. The Bertz CT molecular complexity index is 376. The highest BCUT2D eigenvalue weighted by Crippen LogP contribution is 2.31. The number of nitrogens with zero attached hydrogens (tertiary/aromatic N) is 1. The van der Waals surface area contributed by atoms with Crippen molar-refractivity contribution >= 4 is 15.9 Å². The van der Waals surface area contributed by atoms with Gasteiger partial charge in [0.15, 0.2) is 0 Å². The van der Waals surface area contributed by atoms with Gasteiger partial charge in [0.05, 0.1) is 4.47 Å². The number of halogens is 2. The van der Waals surface area contributed by atoms with Gasteiger partial charge in [-0.15, -0.1) is 0 Å². The molecule has 0 amide bonds. The first kappa shape index (κ1) is 13.0. The summed E-state index contributed by atoms with van der Waals surface area (Å²) in [4.78, 5) is 2.44. The topological polar surface area (TPSA) is 3.24 Å². The van der Waals surface area contributed by atoms with Crippen molar-refractivity contribution in [3.8, 4) is 0 Å². The van der Waals surface area contributed by atoms with E-state index in [4.69, 9.17) is 0 Å². The van der Waals surface area contributed by atoms with E-state index in [9.17, 15) is 4.39 Å². The normalized spacial score (nSPS) is 15.5. The average molecular weight is 300 g/mol. The van der Waals surface area contributed by atoms with Gasteiger partial charge in [0.2, 0.25) is 0 Å². The van der Waals surface area contributed by atoms with Crippen LogP contribution in [-0.2, 0) is 6.54 Å². The first-order valence-corrected chi connectivity index (χ1v) is 7.15. The molecule has 0 aliphatic heterocycles.